The average molecular weight is 482 g/mol. The van der Waals surface area contributed by atoms with Gasteiger partial charge < -0.3 is 14.6 Å². The van der Waals surface area contributed by atoms with Gasteiger partial charge in [0.25, 0.3) is 0 Å². The van der Waals surface area contributed by atoms with Gasteiger partial charge in [-0.15, -0.1) is 0 Å². The van der Waals surface area contributed by atoms with E-state index in [1.807, 2.05) is 48.5 Å². The lowest BCUT2D eigenvalue weighted by molar-refractivity contribution is 0.400. The highest BCUT2D eigenvalue weighted by Gasteiger charge is 2.20. The first-order chi connectivity index (χ1) is 17.2. The number of nitrogens with zero attached hydrogens (tertiary/aromatic N) is 4. The molecule has 0 bridgehead atoms. The number of benzene rings is 3. The molecule has 1 fully saturated rings. The number of anilines is 2. The van der Waals surface area contributed by atoms with E-state index >= 15 is 0 Å². The minimum atomic E-state index is 0.330. The van der Waals surface area contributed by atoms with Crippen LogP contribution in [0.25, 0.3) is 28.1 Å². The summed E-state index contributed by atoms with van der Waals surface area (Å²) in [5, 5.41) is 5.08. The van der Waals surface area contributed by atoms with E-state index in [2.05, 4.69) is 39.1 Å². The zero-order chi connectivity index (χ0) is 23.8. The van der Waals surface area contributed by atoms with Crippen molar-refractivity contribution in [3.63, 3.8) is 0 Å². The molecule has 2 aromatic carbocycles. The van der Waals surface area contributed by atoms with Crippen molar-refractivity contribution in [1.29, 1.82) is 0 Å². The quantitative estimate of drug-likeness (QED) is 0.296. The molecule has 0 radical (unpaired) electrons. The van der Waals surface area contributed by atoms with E-state index in [9.17, 15) is 0 Å². The molecule has 6 rings (SSSR count). The molecular formula is C28H24ClN5O. The van der Waals surface area contributed by atoms with Gasteiger partial charge in [0.2, 0.25) is 5.88 Å². The minimum Gasteiger partial charge on any atom is -0.480 e. The van der Waals surface area contributed by atoms with Crippen LogP contribution >= 0.6 is 11.6 Å². The number of aromatic nitrogens is 3. The Morgan fingerprint density at radius 3 is 2.69 bits per heavy atom. The third kappa shape index (κ3) is 4.10. The van der Waals surface area contributed by atoms with Gasteiger partial charge in [-0.25, -0.2) is 9.97 Å². The number of ether oxygens (including phenoxy) is 1. The number of hydrogen-bond donors (Lipinski definition) is 1. The number of fused-ring (bicyclic) bond motifs is 2. The maximum atomic E-state index is 6.39. The molecule has 6 nitrogen and oxygen atoms in total. The summed E-state index contributed by atoms with van der Waals surface area (Å²) < 4.78 is 7.67. The van der Waals surface area contributed by atoms with Crippen LogP contribution in [0.15, 0.2) is 84.0 Å². The Morgan fingerprint density at radius 2 is 1.89 bits per heavy atom. The molecule has 0 saturated heterocycles. The summed E-state index contributed by atoms with van der Waals surface area (Å²) in [5.74, 6) is 0.530. The molecule has 7 heteroatoms. The maximum Gasteiger partial charge on any atom is 0.237 e. The highest BCUT2D eigenvalue weighted by Crippen LogP contribution is 2.32. The molecule has 0 unspecified atom stereocenters. The molecular weight excluding hydrogens is 458 g/mol. The first-order valence-electron chi connectivity index (χ1n) is 11.7. The van der Waals surface area contributed by atoms with Gasteiger partial charge in [-0.2, -0.15) is 0 Å². The lowest BCUT2D eigenvalue weighted by Gasteiger charge is -2.23. The van der Waals surface area contributed by atoms with Crippen LogP contribution in [0.5, 0.6) is 5.88 Å². The van der Waals surface area contributed by atoms with Crippen LogP contribution in [0, 0.1) is 0 Å². The summed E-state index contributed by atoms with van der Waals surface area (Å²) in [4.78, 5) is 14.4. The highest BCUT2D eigenvalue weighted by molar-refractivity contribution is 6.30. The van der Waals surface area contributed by atoms with Crippen molar-refractivity contribution in [2.75, 3.05) is 12.4 Å². The van der Waals surface area contributed by atoms with E-state index in [0.717, 1.165) is 57.7 Å². The first-order valence-corrected chi connectivity index (χ1v) is 12.1. The molecule has 1 N–H and O–H groups in total. The van der Waals surface area contributed by atoms with Gasteiger partial charge in [0, 0.05) is 16.9 Å². The third-order valence-corrected chi connectivity index (χ3v) is 6.63. The summed E-state index contributed by atoms with van der Waals surface area (Å²) in [6.07, 6.45) is 5.15. The zero-order valence-corrected chi connectivity index (χ0v) is 20.0. The molecule has 35 heavy (non-hydrogen) atoms. The SMILES string of the molecule is COc1ncccc1Nc1cc2nc3ccccc3n(-c3cccc(Cl)c3)c-2c/c1=N\C1CCC1. The summed E-state index contributed by atoms with van der Waals surface area (Å²) in [7, 11) is 1.62. The van der Waals surface area contributed by atoms with Gasteiger partial charge in [0.15, 0.2) is 0 Å². The van der Waals surface area contributed by atoms with Gasteiger partial charge in [0.1, 0.15) is 5.69 Å². The van der Waals surface area contributed by atoms with E-state index < -0.39 is 0 Å². The van der Waals surface area contributed by atoms with E-state index in [0.29, 0.717) is 16.9 Å². The van der Waals surface area contributed by atoms with Gasteiger partial charge in [-0.1, -0.05) is 29.8 Å². The van der Waals surface area contributed by atoms with Crippen LogP contribution in [-0.2, 0) is 0 Å². The standard InChI is InChI=1S/C28H24ClN5O/c1-35-28-22(12-6-14-30-28)33-23-16-25-27(17-24(23)31-19-8-5-9-19)34(20-10-4-7-18(29)15-20)26-13-3-2-11-21(26)32-25/h2-4,6-7,10-17,19,33H,5,8-9H2,1H3/b31-24+. The number of methoxy groups -OCH3 is 1. The fraction of sp³-hybridized carbons (Fsp3) is 0.179. The van der Waals surface area contributed by atoms with Crippen LogP contribution in [0.2, 0.25) is 5.02 Å². The Morgan fingerprint density at radius 1 is 1.00 bits per heavy atom. The van der Waals surface area contributed by atoms with Crippen molar-refractivity contribution < 1.29 is 4.74 Å². The van der Waals surface area contributed by atoms with Crippen LogP contribution in [0.4, 0.5) is 11.4 Å². The maximum absolute atomic E-state index is 6.39. The molecule has 2 heterocycles. The van der Waals surface area contributed by atoms with Crippen molar-refractivity contribution in [3.05, 3.63) is 89.4 Å². The van der Waals surface area contributed by atoms with Crippen LogP contribution in [0.3, 0.4) is 0 Å². The van der Waals surface area contributed by atoms with Gasteiger partial charge in [-0.05, 0) is 73.9 Å². The molecule has 3 aromatic rings. The average Bonchev–Trinajstić information content (AvgIpc) is 2.85. The first kappa shape index (κ1) is 21.6. The largest absolute Gasteiger partial charge is 0.480 e. The van der Waals surface area contributed by atoms with Crippen LogP contribution in [-0.4, -0.2) is 27.7 Å². The predicted octanol–water partition coefficient (Wildman–Crippen LogP) is 6.38. The summed E-state index contributed by atoms with van der Waals surface area (Å²) >= 11 is 6.39. The van der Waals surface area contributed by atoms with Crippen molar-refractivity contribution in [1.82, 2.24) is 14.5 Å². The zero-order valence-electron chi connectivity index (χ0n) is 19.3. The molecule has 174 valence electrons. The number of pyridine rings is 1. The number of hydrogen-bond acceptors (Lipinski definition) is 5. The Balaban J connectivity index is 1.64. The Bertz CT molecular complexity index is 1570. The van der Waals surface area contributed by atoms with Crippen molar-refractivity contribution >= 4 is 34.0 Å². The van der Waals surface area contributed by atoms with Crippen LogP contribution < -0.4 is 15.4 Å². The lowest BCUT2D eigenvalue weighted by Crippen LogP contribution is -2.22. The number of halogens is 1. The highest BCUT2D eigenvalue weighted by atomic mass is 35.5. The fourth-order valence-corrected chi connectivity index (χ4v) is 4.63. The predicted molar refractivity (Wildman–Crippen MR) is 140 cm³/mol. The van der Waals surface area contributed by atoms with Crippen molar-refractivity contribution in [3.8, 4) is 23.0 Å². The Kier molecular flexibility index (Phi) is 5.58. The molecule has 1 aromatic heterocycles. The molecule has 2 aliphatic carbocycles. The molecule has 0 spiro atoms. The molecule has 1 aliphatic heterocycles. The monoisotopic (exact) mass is 481 g/mol. The van der Waals surface area contributed by atoms with Crippen LogP contribution in [0.1, 0.15) is 19.3 Å². The molecule has 0 atom stereocenters. The summed E-state index contributed by atoms with van der Waals surface area (Å²) in [5.41, 5.74) is 6.35. The second-order valence-corrected chi connectivity index (χ2v) is 9.11. The summed E-state index contributed by atoms with van der Waals surface area (Å²) in [6, 6.07) is 24.4. The minimum absolute atomic E-state index is 0.330. The van der Waals surface area contributed by atoms with Gasteiger partial charge in [-0.3, -0.25) is 4.99 Å². The van der Waals surface area contributed by atoms with E-state index in [-0.39, 0.29) is 0 Å². The number of rotatable bonds is 5. The normalized spacial score (nSPS) is 14.3. The molecule has 3 aliphatic rings. The van der Waals surface area contributed by atoms with Gasteiger partial charge in [0.05, 0.1) is 46.6 Å². The Hall–Kier alpha value is -3.90. The van der Waals surface area contributed by atoms with E-state index in [1.165, 1.54) is 6.42 Å². The van der Waals surface area contributed by atoms with Crippen molar-refractivity contribution in [2.24, 2.45) is 4.99 Å². The fourth-order valence-electron chi connectivity index (χ4n) is 4.45. The van der Waals surface area contributed by atoms with Gasteiger partial charge >= 0.3 is 0 Å². The second-order valence-electron chi connectivity index (χ2n) is 8.67. The summed E-state index contributed by atoms with van der Waals surface area (Å²) in [6.45, 7) is 0. The lowest BCUT2D eigenvalue weighted by atomic mass is 9.94. The Labute approximate surface area is 208 Å². The van der Waals surface area contributed by atoms with Crippen molar-refractivity contribution in [2.45, 2.75) is 25.3 Å². The molecule has 0 amide bonds. The smallest absolute Gasteiger partial charge is 0.237 e. The number of nitrogens with one attached hydrogen (secondary N) is 1. The topological polar surface area (TPSA) is 64.3 Å². The molecule has 1 saturated carbocycles. The van der Waals surface area contributed by atoms with E-state index in [1.54, 1.807) is 13.3 Å². The van der Waals surface area contributed by atoms with E-state index in [4.69, 9.17) is 26.3 Å². The number of para-hydroxylation sites is 2. The second kappa shape index (κ2) is 9.04. The third-order valence-electron chi connectivity index (χ3n) is 6.39.